The van der Waals surface area contributed by atoms with E-state index in [-0.39, 0.29) is 17.7 Å². The normalized spacial score (nSPS) is 10.4. The lowest BCUT2D eigenvalue weighted by molar-refractivity contribution is -0.140. The van der Waals surface area contributed by atoms with Crippen LogP contribution in [0.5, 0.6) is 11.5 Å². The number of thioether (sulfide) groups is 1. The summed E-state index contributed by atoms with van der Waals surface area (Å²) in [5.74, 6) is 0.649. The highest BCUT2D eigenvalue weighted by atomic mass is 32.2. The van der Waals surface area contributed by atoms with Crippen molar-refractivity contribution in [1.29, 1.82) is 0 Å². The minimum absolute atomic E-state index is 0.0514. The molecule has 3 aromatic carbocycles. The molecule has 3 aromatic rings. The molecule has 0 unspecified atom stereocenters. The molecule has 0 saturated heterocycles. The number of rotatable bonds is 16. The third kappa shape index (κ3) is 10.9. The zero-order chi connectivity index (χ0) is 30.3. The molecule has 0 amide bonds. The largest absolute Gasteiger partial charge is 0.494 e. The molecule has 0 aromatic heterocycles. The molecule has 8 heteroatoms. The molecule has 0 radical (unpaired) electrons. The summed E-state index contributed by atoms with van der Waals surface area (Å²) in [7, 11) is 0. The van der Waals surface area contributed by atoms with Gasteiger partial charge in [0.05, 0.1) is 26.4 Å². The Morgan fingerprint density at radius 3 is 1.55 bits per heavy atom. The maximum absolute atomic E-state index is 12.8. The van der Waals surface area contributed by atoms with E-state index in [9.17, 15) is 14.4 Å². The van der Waals surface area contributed by atoms with Gasteiger partial charge in [-0.15, -0.1) is 0 Å². The van der Waals surface area contributed by atoms with Crippen LogP contribution in [0.2, 0.25) is 0 Å². The zero-order valence-corrected chi connectivity index (χ0v) is 24.9. The summed E-state index contributed by atoms with van der Waals surface area (Å²) in [6.45, 7) is 11.9. The van der Waals surface area contributed by atoms with Crippen molar-refractivity contribution in [3.63, 3.8) is 0 Å². The van der Waals surface area contributed by atoms with Gasteiger partial charge in [0.15, 0.2) is 0 Å². The van der Waals surface area contributed by atoms with Gasteiger partial charge in [0.2, 0.25) is 5.12 Å². The number of carbonyl (C=O) groups is 3. The first-order valence-electron chi connectivity index (χ1n) is 13.7. The Bertz CT molecular complexity index is 1360. The highest BCUT2D eigenvalue weighted by Gasteiger charge is 2.10. The summed E-state index contributed by atoms with van der Waals surface area (Å²) in [4.78, 5) is 36.4. The third-order valence-electron chi connectivity index (χ3n) is 5.87. The number of hydrogen-bond donors (Lipinski definition) is 0. The van der Waals surface area contributed by atoms with E-state index < -0.39 is 5.97 Å². The van der Waals surface area contributed by atoms with E-state index in [1.807, 2.05) is 48.5 Å². The van der Waals surface area contributed by atoms with Gasteiger partial charge in [-0.3, -0.25) is 4.79 Å². The van der Waals surface area contributed by atoms with Crippen LogP contribution in [0, 0.1) is 0 Å². The van der Waals surface area contributed by atoms with Crippen molar-refractivity contribution in [1.82, 2.24) is 0 Å². The zero-order valence-electron chi connectivity index (χ0n) is 24.1. The molecule has 0 aliphatic heterocycles. The summed E-state index contributed by atoms with van der Waals surface area (Å²) >= 11 is 1.17. The van der Waals surface area contributed by atoms with E-state index in [4.69, 9.17) is 18.9 Å². The highest BCUT2D eigenvalue weighted by molar-refractivity contribution is 8.14. The van der Waals surface area contributed by atoms with Crippen LogP contribution in [0.4, 0.5) is 0 Å². The van der Waals surface area contributed by atoms with Crippen LogP contribution in [-0.2, 0) is 19.1 Å². The minimum Gasteiger partial charge on any atom is -0.494 e. The highest BCUT2D eigenvalue weighted by Crippen LogP contribution is 2.28. The second-order valence-electron chi connectivity index (χ2n) is 9.55. The molecule has 0 atom stereocenters. The van der Waals surface area contributed by atoms with Gasteiger partial charge in [-0.25, -0.2) is 9.59 Å². The third-order valence-corrected chi connectivity index (χ3v) is 6.80. The fraction of sp³-hybridized carbons (Fsp3) is 0.265. The van der Waals surface area contributed by atoms with Crippen LogP contribution < -0.4 is 9.47 Å². The summed E-state index contributed by atoms with van der Waals surface area (Å²) in [5, 5.41) is -0.0514. The molecule has 42 heavy (non-hydrogen) atoms. The fourth-order valence-corrected chi connectivity index (χ4v) is 4.27. The Morgan fingerprint density at radius 1 is 0.595 bits per heavy atom. The maximum atomic E-state index is 12.8. The molecule has 0 heterocycles. The first-order valence-corrected chi connectivity index (χ1v) is 14.5. The van der Waals surface area contributed by atoms with Crippen molar-refractivity contribution in [2.45, 2.75) is 38.0 Å². The van der Waals surface area contributed by atoms with Gasteiger partial charge in [-0.05, 0) is 98.1 Å². The molecule has 3 rings (SSSR count). The Kier molecular flexibility index (Phi) is 12.9. The Labute approximate surface area is 251 Å². The van der Waals surface area contributed by atoms with Crippen LogP contribution >= 0.6 is 11.8 Å². The lowest BCUT2D eigenvalue weighted by atomic mass is 10.1. The molecular formula is C34H36O7S. The number of ether oxygens (including phenoxy) is 4. The van der Waals surface area contributed by atoms with Crippen molar-refractivity contribution >= 4 is 28.8 Å². The number of carbonyl (C=O) groups excluding carboxylic acids is 3. The van der Waals surface area contributed by atoms with E-state index in [0.717, 1.165) is 28.2 Å². The quantitative estimate of drug-likeness (QED) is 0.0738. The maximum Gasteiger partial charge on any atom is 0.333 e. The lowest BCUT2D eigenvalue weighted by Crippen LogP contribution is -2.09. The first-order chi connectivity index (χ1) is 20.2. The Balaban J connectivity index is 1.39. The summed E-state index contributed by atoms with van der Waals surface area (Å²) in [6, 6.07) is 22.7. The van der Waals surface area contributed by atoms with Gasteiger partial charge in [-0.2, -0.15) is 0 Å². The first kappa shape index (κ1) is 32.2. The van der Waals surface area contributed by atoms with Crippen molar-refractivity contribution < 1.29 is 33.3 Å². The smallest absolute Gasteiger partial charge is 0.333 e. The molecule has 0 bridgehead atoms. The molecular weight excluding hydrogens is 552 g/mol. The molecule has 220 valence electrons. The predicted octanol–water partition coefficient (Wildman–Crippen LogP) is 7.45. The summed E-state index contributed by atoms with van der Waals surface area (Å²) in [6.07, 6.45) is 2.03. The van der Waals surface area contributed by atoms with E-state index in [1.54, 1.807) is 38.1 Å². The van der Waals surface area contributed by atoms with Crippen molar-refractivity contribution in [3.05, 3.63) is 103 Å². The number of esters is 2. The molecule has 0 spiro atoms. The number of benzene rings is 3. The Morgan fingerprint density at radius 2 is 1.02 bits per heavy atom. The number of unbranched alkanes of at least 4 members (excludes halogenated alkanes) is 1. The van der Waals surface area contributed by atoms with Gasteiger partial charge in [0.1, 0.15) is 11.5 Å². The van der Waals surface area contributed by atoms with Crippen LogP contribution in [0.15, 0.2) is 102 Å². The summed E-state index contributed by atoms with van der Waals surface area (Å²) in [5.41, 5.74) is 3.42. The molecule has 7 nitrogen and oxygen atoms in total. The molecule has 0 fully saturated rings. The second kappa shape index (κ2) is 16.8. The molecule has 0 aliphatic rings. The van der Waals surface area contributed by atoms with E-state index >= 15 is 0 Å². The predicted molar refractivity (Wildman–Crippen MR) is 165 cm³/mol. The van der Waals surface area contributed by atoms with E-state index in [1.165, 1.54) is 11.8 Å². The number of hydrogen-bond acceptors (Lipinski definition) is 8. The van der Waals surface area contributed by atoms with Gasteiger partial charge in [0.25, 0.3) is 0 Å². The SMILES string of the molecule is C=C(C)C(=O)OCCCCOc1ccc(C(=O)Sc2ccc(-c3ccc(OCCCOC(=O)C(=C)C)cc3)cc2)cc1. The minimum atomic E-state index is -0.390. The van der Waals surface area contributed by atoms with Gasteiger partial charge in [-0.1, -0.05) is 37.4 Å². The second-order valence-corrected chi connectivity index (χ2v) is 10.6. The lowest BCUT2D eigenvalue weighted by Gasteiger charge is -2.09. The van der Waals surface area contributed by atoms with E-state index in [2.05, 4.69) is 13.2 Å². The average molecular weight is 589 g/mol. The monoisotopic (exact) mass is 588 g/mol. The summed E-state index contributed by atoms with van der Waals surface area (Å²) < 4.78 is 21.5. The van der Waals surface area contributed by atoms with E-state index in [0.29, 0.717) is 55.1 Å². The topological polar surface area (TPSA) is 88.1 Å². The van der Waals surface area contributed by atoms with Crippen LogP contribution in [0.3, 0.4) is 0 Å². The van der Waals surface area contributed by atoms with Crippen molar-refractivity contribution in [3.8, 4) is 22.6 Å². The average Bonchev–Trinajstić information content (AvgIpc) is 2.99. The van der Waals surface area contributed by atoms with Gasteiger partial charge < -0.3 is 18.9 Å². The van der Waals surface area contributed by atoms with Gasteiger partial charge in [0, 0.05) is 28.0 Å². The molecule has 0 saturated carbocycles. The fourth-order valence-electron chi connectivity index (χ4n) is 3.53. The molecule has 0 aliphatic carbocycles. The van der Waals surface area contributed by atoms with Crippen LogP contribution in [0.1, 0.15) is 43.5 Å². The van der Waals surface area contributed by atoms with Crippen molar-refractivity contribution in [2.75, 3.05) is 26.4 Å². The standard InChI is InChI=1S/C34H36O7S/c1-24(2)32(35)40-21-6-5-20-38-30-16-10-28(11-17-30)34(37)42-31-18-12-27(13-19-31)26-8-14-29(15-9-26)39-22-7-23-41-33(36)25(3)4/h8-19H,1,3,5-7,20-23H2,2,4H3. The van der Waals surface area contributed by atoms with Crippen LogP contribution in [0.25, 0.3) is 11.1 Å². The van der Waals surface area contributed by atoms with Crippen molar-refractivity contribution in [2.24, 2.45) is 0 Å². The Hall–Kier alpha value is -4.30. The van der Waals surface area contributed by atoms with Gasteiger partial charge >= 0.3 is 11.9 Å². The van der Waals surface area contributed by atoms with Crippen LogP contribution in [-0.4, -0.2) is 43.5 Å². The molecule has 0 N–H and O–H groups in total.